The third-order valence-electron chi connectivity index (χ3n) is 4.36. The lowest BCUT2D eigenvalue weighted by molar-refractivity contribution is 0.102. The summed E-state index contributed by atoms with van der Waals surface area (Å²) in [5.74, 6) is 0.157. The third kappa shape index (κ3) is 4.38. The van der Waals surface area contributed by atoms with Crippen molar-refractivity contribution in [1.29, 1.82) is 0 Å². The normalized spacial score (nSPS) is 11.8. The minimum absolute atomic E-state index is 0.343. The van der Waals surface area contributed by atoms with E-state index in [-0.39, 0.29) is 5.91 Å². The third-order valence-corrected chi connectivity index (χ3v) is 5.05. The Morgan fingerprint density at radius 1 is 1.14 bits per heavy atom. The summed E-state index contributed by atoms with van der Waals surface area (Å²) in [6.07, 6.45) is -0.929. The fraction of sp³-hybridized carbons (Fsp3) is 0.136. The maximum atomic E-state index is 13.0. The monoisotopic (exact) mass is 459 g/mol. The van der Waals surface area contributed by atoms with Crippen molar-refractivity contribution < 1.29 is 14.6 Å². The summed E-state index contributed by atoms with van der Waals surface area (Å²) < 4.78 is 6.18. The molecule has 0 aliphatic rings. The zero-order valence-electron chi connectivity index (χ0n) is 15.4. The number of aliphatic hydroxyl groups excluding tert-OH is 1. The van der Waals surface area contributed by atoms with Gasteiger partial charge < -0.3 is 15.2 Å². The number of benzene rings is 3. The van der Waals surface area contributed by atoms with Crippen LogP contribution in [0.2, 0.25) is 5.02 Å². The summed E-state index contributed by atoms with van der Waals surface area (Å²) in [5.41, 5.74) is 2.92. The van der Waals surface area contributed by atoms with Gasteiger partial charge in [-0.25, -0.2) is 0 Å². The molecule has 0 spiro atoms. The van der Waals surface area contributed by atoms with Crippen molar-refractivity contribution in [3.8, 4) is 5.75 Å². The summed E-state index contributed by atoms with van der Waals surface area (Å²) in [7, 11) is 1.53. The topological polar surface area (TPSA) is 58.6 Å². The van der Waals surface area contributed by atoms with E-state index in [2.05, 4.69) is 21.2 Å². The highest BCUT2D eigenvalue weighted by atomic mass is 79.9. The lowest BCUT2D eigenvalue weighted by atomic mass is 9.99. The Kier molecular flexibility index (Phi) is 6.39. The van der Waals surface area contributed by atoms with Gasteiger partial charge in [-0.3, -0.25) is 4.79 Å². The van der Waals surface area contributed by atoms with Crippen LogP contribution in [0.15, 0.2) is 65.1 Å². The second-order valence-electron chi connectivity index (χ2n) is 6.30. The molecule has 0 bridgehead atoms. The van der Waals surface area contributed by atoms with E-state index in [1.807, 2.05) is 43.3 Å². The summed E-state index contributed by atoms with van der Waals surface area (Å²) in [5, 5.41) is 14.2. The maximum absolute atomic E-state index is 13.0. The molecule has 3 aromatic rings. The fourth-order valence-corrected chi connectivity index (χ4v) is 3.80. The molecule has 0 saturated carbocycles. The lowest BCUT2D eigenvalue weighted by Crippen LogP contribution is -2.16. The van der Waals surface area contributed by atoms with Crippen LogP contribution in [-0.4, -0.2) is 18.1 Å². The second kappa shape index (κ2) is 8.78. The van der Waals surface area contributed by atoms with Gasteiger partial charge in [0, 0.05) is 20.7 Å². The SMILES string of the molecule is COc1c(C)cc(Br)cc1C(=O)Nc1ccc(Cl)cc1[C@@H](O)c1ccccc1. The first-order chi connectivity index (χ1) is 13.4. The molecule has 6 heteroatoms. The summed E-state index contributed by atoms with van der Waals surface area (Å²) in [6, 6.07) is 17.8. The van der Waals surface area contributed by atoms with Crippen LogP contribution >= 0.6 is 27.5 Å². The number of carbonyl (C=O) groups is 1. The van der Waals surface area contributed by atoms with Gasteiger partial charge in [0.05, 0.1) is 12.7 Å². The highest BCUT2D eigenvalue weighted by Gasteiger charge is 2.20. The molecule has 3 rings (SSSR count). The Bertz CT molecular complexity index is 1010. The number of aliphatic hydroxyl groups is 1. The van der Waals surface area contributed by atoms with Crippen LogP contribution in [0.5, 0.6) is 5.75 Å². The standard InChI is InChI=1S/C22H19BrClNO3/c1-13-10-15(23)11-18(21(13)28-2)22(27)25-19-9-8-16(24)12-17(19)20(26)14-6-4-3-5-7-14/h3-12,20,26H,1-2H3,(H,25,27)/t20-/m0/s1. The zero-order valence-corrected chi connectivity index (χ0v) is 17.7. The predicted octanol–water partition coefficient (Wildman–Crippen LogP) is 5.75. The van der Waals surface area contributed by atoms with Crippen molar-refractivity contribution in [1.82, 2.24) is 0 Å². The molecular formula is C22H19BrClNO3. The van der Waals surface area contributed by atoms with E-state index in [4.69, 9.17) is 16.3 Å². The number of ether oxygens (including phenoxy) is 1. The molecule has 0 radical (unpaired) electrons. The molecule has 0 heterocycles. The molecule has 0 fully saturated rings. The van der Waals surface area contributed by atoms with Crippen LogP contribution in [0, 0.1) is 6.92 Å². The molecule has 0 aliphatic heterocycles. The van der Waals surface area contributed by atoms with Gasteiger partial charge in [-0.05, 0) is 48.4 Å². The highest BCUT2D eigenvalue weighted by molar-refractivity contribution is 9.10. The van der Waals surface area contributed by atoms with Gasteiger partial charge in [0.2, 0.25) is 0 Å². The number of hydrogen-bond donors (Lipinski definition) is 2. The molecule has 1 amide bonds. The van der Waals surface area contributed by atoms with E-state index in [1.165, 1.54) is 7.11 Å². The highest BCUT2D eigenvalue weighted by Crippen LogP contribution is 2.33. The van der Waals surface area contributed by atoms with Gasteiger partial charge in [0.1, 0.15) is 11.9 Å². The molecular weight excluding hydrogens is 442 g/mol. The van der Waals surface area contributed by atoms with Crippen molar-refractivity contribution in [2.45, 2.75) is 13.0 Å². The van der Waals surface area contributed by atoms with Crippen molar-refractivity contribution in [3.05, 3.63) is 92.4 Å². The van der Waals surface area contributed by atoms with E-state index < -0.39 is 6.10 Å². The molecule has 28 heavy (non-hydrogen) atoms. The molecule has 2 N–H and O–H groups in total. The number of aryl methyl sites for hydroxylation is 1. The molecule has 144 valence electrons. The molecule has 0 aliphatic carbocycles. The van der Waals surface area contributed by atoms with E-state index in [0.29, 0.717) is 33.1 Å². The number of carbonyl (C=O) groups excluding carboxylic acids is 1. The first-order valence-electron chi connectivity index (χ1n) is 8.58. The number of amides is 1. The van der Waals surface area contributed by atoms with Crippen molar-refractivity contribution in [2.75, 3.05) is 12.4 Å². The number of rotatable bonds is 5. The van der Waals surface area contributed by atoms with Gasteiger partial charge in [-0.15, -0.1) is 0 Å². The average molecular weight is 461 g/mol. The van der Waals surface area contributed by atoms with Gasteiger partial charge in [-0.1, -0.05) is 57.9 Å². The van der Waals surface area contributed by atoms with E-state index in [1.54, 1.807) is 24.3 Å². The number of hydrogen-bond acceptors (Lipinski definition) is 3. The largest absolute Gasteiger partial charge is 0.496 e. The van der Waals surface area contributed by atoms with E-state index in [0.717, 1.165) is 10.0 Å². The molecule has 0 aromatic heterocycles. The molecule has 0 saturated heterocycles. The van der Waals surface area contributed by atoms with Crippen LogP contribution in [-0.2, 0) is 0 Å². The van der Waals surface area contributed by atoms with E-state index >= 15 is 0 Å². The van der Waals surface area contributed by atoms with Crippen LogP contribution in [0.25, 0.3) is 0 Å². The Morgan fingerprint density at radius 3 is 2.54 bits per heavy atom. The Morgan fingerprint density at radius 2 is 1.86 bits per heavy atom. The number of halogens is 2. The fourth-order valence-electron chi connectivity index (χ4n) is 3.05. The molecule has 4 nitrogen and oxygen atoms in total. The van der Waals surface area contributed by atoms with Crippen molar-refractivity contribution >= 4 is 39.1 Å². The van der Waals surface area contributed by atoms with Crippen LogP contribution in [0.4, 0.5) is 5.69 Å². The molecule has 0 unspecified atom stereocenters. The number of anilines is 1. The maximum Gasteiger partial charge on any atom is 0.259 e. The van der Waals surface area contributed by atoms with E-state index in [9.17, 15) is 9.90 Å². The molecule has 3 aromatic carbocycles. The Hall–Kier alpha value is -2.34. The summed E-state index contributed by atoms with van der Waals surface area (Å²) in [4.78, 5) is 13.0. The summed E-state index contributed by atoms with van der Waals surface area (Å²) >= 11 is 9.56. The smallest absolute Gasteiger partial charge is 0.259 e. The minimum atomic E-state index is -0.929. The average Bonchev–Trinajstić information content (AvgIpc) is 2.68. The first-order valence-corrected chi connectivity index (χ1v) is 9.75. The second-order valence-corrected chi connectivity index (χ2v) is 7.65. The van der Waals surface area contributed by atoms with Crippen LogP contribution in [0.3, 0.4) is 0 Å². The first kappa shape index (κ1) is 20.4. The number of methoxy groups -OCH3 is 1. The van der Waals surface area contributed by atoms with Gasteiger partial charge in [0.15, 0.2) is 0 Å². The van der Waals surface area contributed by atoms with Gasteiger partial charge in [-0.2, -0.15) is 0 Å². The Labute approximate surface area is 177 Å². The van der Waals surface area contributed by atoms with Crippen molar-refractivity contribution in [3.63, 3.8) is 0 Å². The van der Waals surface area contributed by atoms with Crippen LogP contribution < -0.4 is 10.1 Å². The summed E-state index contributed by atoms with van der Waals surface area (Å²) in [6.45, 7) is 1.87. The van der Waals surface area contributed by atoms with Gasteiger partial charge >= 0.3 is 0 Å². The van der Waals surface area contributed by atoms with Crippen molar-refractivity contribution in [2.24, 2.45) is 0 Å². The lowest BCUT2D eigenvalue weighted by Gasteiger charge is -2.18. The number of nitrogens with one attached hydrogen (secondary N) is 1. The zero-order chi connectivity index (χ0) is 20.3. The quantitative estimate of drug-likeness (QED) is 0.509. The minimum Gasteiger partial charge on any atom is -0.496 e. The molecule has 1 atom stereocenters. The Balaban J connectivity index is 1.99. The van der Waals surface area contributed by atoms with Gasteiger partial charge in [0.25, 0.3) is 5.91 Å². The van der Waals surface area contributed by atoms with Crippen LogP contribution in [0.1, 0.15) is 33.2 Å². The predicted molar refractivity (Wildman–Crippen MR) is 115 cm³/mol.